The van der Waals surface area contributed by atoms with Crippen LogP contribution in [0.2, 0.25) is 0 Å². The van der Waals surface area contributed by atoms with E-state index < -0.39 is 0 Å². The highest BCUT2D eigenvalue weighted by atomic mass is 19.1. The average Bonchev–Trinajstić information content (AvgIpc) is 3.28. The Balaban J connectivity index is 1.51. The fourth-order valence-corrected chi connectivity index (χ4v) is 3.66. The molecular weight excluding hydrogens is 434 g/mol. The molecule has 3 aromatic heterocycles. The molecule has 34 heavy (non-hydrogen) atoms. The van der Waals surface area contributed by atoms with Gasteiger partial charge in [-0.3, -0.25) is 4.98 Å². The van der Waals surface area contributed by atoms with Crippen molar-refractivity contribution in [2.45, 2.75) is 6.54 Å². The zero-order valence-electron chi connectivity index (χ0n) is 18.0. The van der Waals surface area contributed by atoms with E-state index in [4.69, 9.17) is 5.73 Å². The van der Waals surface area contributed by atoms with Crippen LogP contribution in [0.3, 0.4) is 0 Å². The maximum absolute atomic E-state index is 14.8. The van der Waals surface area contributed by atoms with Crippen LogP contribution in [0.15, 0.2) is 91.4 Å². The van der Waals surface area contributed by atoms with Crippen LogP contribution in [0, 0.1) is 11.6 Å². The predicted octanol–water partition coefficient (Wildman–Crippen LogP) is 5.47. The number of nitrogens with one attached hydrogen (secondary N) is 1. The van der Waals surface area contributed by atoms with E-state index in [9.17, 15) is 8.78 Å². The minimum Gasteiger partial charge on any atom is -0.384 e. The fraction of sp³-hybridized carbons (Fsp3) is 0.0385. The first-order chi connectivity index (χ1) is 16.6. The summed E-state index contributed by atoms with van der Waals surface area (Å²) in [6.45, 7) is 0.399. The van der Waals surface area contributed by atoms with Crippen LogP contribution in [0.1, 0.15) is 5.56 Å². The Kier molecular flexibility index (Phi) is 5.70. The van der Waals surface area contributed by atoms with E-state index >= 15 is 0 Å². The van der Waals surface area contributed by atoms with Gasteiger partial charge >= 0.3 is 0 Å². The van der Waals surface area contributed by atoms with Gasteiger partial charge < -0.3 is 11.1 Å². The molecule has 5 rings (SSSR count). The highest BCUT2D eigenvalue weighted by Gasteiger charge is 2.18. The molecule has 0 spiro atoms. The lowest BCUT2D eigenvalue weighted by Crippen LogP contribution is -2.05. The molecule has 0 saturated heterocycles. The maximum Gasteiger partial charge on any atom is 0.132 e. The summed E-state index contributed by atoms with van der Waals surface area (Å²) in [5.74, 6) is -0.222. The Morgan fingerprint density at radius 1 is 0.824 bits per heavy atom. The van der Waals surface area contributed by atoms with Gasteiger partial charge in [-0.1, -0.05) is 12.1 Å². The van der Waals surface area contributed by atoms with E-state index in [2.05, 4.69) is 20.4 Å². The molecule has 0 atom stereocenters. The summed E-state index contributed by atoms with van der Waals surface area (Å²) in [5, 5.41) is 7.81. The number of nitrogen functional groups attached to an aromatic ring is 1. The number of anilines is 2. The second-order valence-corrected chi connectivity index (χ2v) is 7.64. The summed E-state index contributed by atoms with van der Waals surface area (Å²) < 4.78 is 29.7. The summed E-state index contributed by atoms with van der Waals surface area (Å²) in [6.07, 6.45) is 5.01. The molecule has 3 N–H and O–H groups in total. The summed E-state index contributed by atoms with van der Waals surface area (Å²) >= 11 is 0. The molecule has 0 radical (unpaired) electrons. The van der Waals surface area contributed by atoms with Crippen molar-refractivity contribution in [1.82, 2.24) is 19.7 Å². The fourth-order valence-electron chi connectivity index (χ4n) is 3.66. The van der Waals surface area contributed by atoms with Crippen molar-refractivity contribution in [3.63, 3.8) is 0 Å². The predicted molar refractivity (Wildman–Crippen MR) is 128 cm³/mol. The third-order valence-corrected chi connectivity index (χ3v) is 5.38. The van der Waals surface area contributed by atoms with Crippen molar-refractivity contribution in [3.05, 3.63) is 109 Å². The molecular formula is C26H20F2N6. The van der Waals surface area contributed by atoms with Crippen molar-refractivity contribution in [2.24, 2.45) is 0 Å². The number of hydrogen-bond acceptors (Lipinski definition) is 5. The molecule has 3 heterocycles. The van der Waals surface area contributed by atoms with Crippen molar-refractivity contribution in [2.75, 3.05) is 11.1 Å². The summed E-state index contributed by atoms with van der Waals surface area (Å²) in [6, 6.07) is 19.9. The molecule has 0 saturated carbocycles. The van der Waals surface area contributed by atoms with Gasteiger partial charge in [0.1, 0.15) is 17.5 Å². The third-order valence-electron chi connectivity index (χ3n) is 5.38. The summed E-state index contributed by atoms with van der Waals surface area (Å²) in [4.78, 5) is 8.59. The van der Waals surface area contributed by atoms with Crippen molar-refractivity contribution < 1.29 is 8.78 Å². The highest BCUT2D eigenvalue weighted by molar-refractivity contribution is 5.67. The lowest BCUT2D eigenvalue weighted by atomic mass is 10.1. The van der Waals surface area contributed by atoms with E-state index in [0.717, 1.165) is 16.8 Å². The minimum absolute atomic E-state index is 0.303. The second kappa shape index (κ2) is 9.11. The quantitative estimate of drug-likeness (QED) is 0.356. The van der Waals surface area contributed by atoms with Gasteiger partial charge in [0.05, 0.1) is 41.4 Å². The van der Waals surface area contributed by atoms with Crippen molar-refractivity contribution >= 4 is 11.5 Å². The number of halogens is 2. The molecule has 0 aliphatic heterocycles. The number of rotatable bonds is 6. The number of nitrogens with zero attached hydrogens (tertiary/aromatic N) is 4. The van der Waals surface area contributed by atoms with Crippen LogP contribution < -0.4 is 11.1 Å². The van der Waals surface area contributed by atoms with Gasteiger partial charge in [0.2, 0.25) is 0 Å². The van der Waals surface area contributed by atoms with Crippen LogP contribution in [0.5, 0.6) is 0 Å². The maximum atomic E-state index is 14.8. The number of pyridine rings is 2. The summed E-state index contributed by atoms with van der Waals surface area (Å²) in [7, 11) is 0. The largest absolute Gasteiger partial charge is 0.384 e. The van der Waals surface area contributed by atoms with Gasteiger partial charge in [-0.15, -0.1) is 0 Å². The first-order valence-electron chi connectivity index (χ1n) is 10.6. The standard InChI is InChI=1S/C26H20F2N6/c27-19-7-5-17(6-8-19)24-11-10-21(16-31-24)34-26(22-3-1-2-4-23(22)28)18(14-33-34)13-30-20-9-12-25(29)32-15-20/h1-12,14-16,30H,13H2,(H2,29,32). The molecule has 5 aromatic rings. The molecule has 2 aromatic carbocycles. The molecule has 0 amide bonds. The molecule has 0 aliphatic carbocycles. The van der Waals surface area contributed by atoms with Gasteiger partial charge in [0.15, 0.2) is 0 Å². The zero-order valence-corrected chi connectivity index (χ0v) is 18.0. The van der Waals surface area contributed by atoms with E-state index in [1.54, 1.807) is 59.7 Å². The van der Waals surface area contributed by atoms with E-state index in [-0.39, 0.29) is 11.6 Å². The zero-order chi connectivity index (χ0) is 23.5. The molecule has 168 valence electrons. The van der Waals surface area contributed by atoms with Crippen LogP contribution in [-0.4, -0.2) is 19.7 Å². The molecule has 0 unspecified atom stereocenters. The van der Waals surface area contributed by atoms with Crippen molar-refractivity contribution in [3.8, 4) is 28.2 Å². The van der Waals surface area contributed by atoms with E-state index in [0.29, 0.717) is 35.0 Å². The van der Waals surface area contributed by atoms with E-state index in [1.807, 2.05) is 18.2 Å². The van der Waals surface area contributed by atoms with Crippen molar-refractivity contribution in [1.29, 1.82) is 0 Å². The lowest BCUT2D eigenvalue weighted by Gasteiger charge is -2.12. The third kappa shape index (κ3) is 4.33. The molecule has 0 aliphatic rings. The second-order valence-electron chi connectivity index (χ2n) is 7.64. The van der Waals surface area contributed by atoms with Crippen LogP contribution in [0.25, 0.3) is 28.2 Å². The van der Waals surface area contributed by atoms with Gasteiger partial charge in [-0.2, -0.15) is 5.10 Å². The first-order valence-corrected chi connectivity index (χ1v) is 10.6. The number of hydrogen-bond donors (Lipinski definition) is 2. The molecule has 6 nitrogen and oxygen atoms in total. The highest BCUT2D eigenvalue weighted by Crippen LogP contribution is 2.30. The van der Waals surface area contributed by atoms with Crippen LogP contribution in [0.4, 0.5) is 20.3 Å². The normalized spacial score (nSPS) is 10.9. The monoisotopic (exact) mass is 454 g/mol. The molecule has 0 bridgehead atoms. The first kappa shape index (κ1) is 21.3. The van der Waals surface area contributed by atoms with Gasteiger partial charge in [0.25, 0.3) is 0 Å². The lowest BCUT2D eigenvalue weighted by molar-refractivity contribution is 0.628. The van der Waals surface area contributed by atoms with Gasteiger partial charge in [0, 0.05) is 23.2 Å². The van der Waals surface area contributed by atoms with E-state index in [1.165, 1.54) is 18.2 Å². The van der Waals surface area contributed by atoms with Gasteiger partial charge in [-0.25, -0.2) is 18.4 Å². The number of benzene rings is 2. The Labute approximate surface area is 194 Å². The Bertz CT molecular complexity index is 1410. The average molecular weight is 454 g/mol. The van der Waals surface area contributed by atoms with Crippen LogP contribution >= 0.6 is 0 Å². The SMILES string of the molecule is Nc1ccc(NCc2cnn(-c3ccc(-c4ccc(F)cc4)nc3)c2-c2ccccc2F)cn1. The summed E-state index contributed by atoms with van der Waals surface area (Å²) in [5.41, 5.74) is 10.4. The number of aromatic nitrogens is 4. The Morgan fingerprint density at radius 3 is 2.35 bits per heavy atom. The molecule has 8 heteroatoms. The van der Waals surface area contributed by atoms with Gasteiger partial charge in [-0.05, 0) is 60.7 Å². The Hall–Kier alpha value is -4.59. The Morgan fingerprint density at radius 2 is 1.65 bits per heavy atom. The topological polar surface area (TPSA) is 81.6 Å². The van der Waals surface area contributed by atoms with Crippen LogP contribution in [-0.2, 0) is 6.54 Å². The minimum atomic E-state index is -0.351. The number of nitrogens with two attached hydrogens (primary N) is 1. The smallest absolute Gasteiger partial charge is 0.132 e. The molecule has 0 fully saturated rings.